The van der Waals surface area contributed by atoms with Gasteiger partial charge in [-0.15, -0.1) is 0 Å². The van der Waals surface area contributed by atoms with E-state index >= 15 is 0 Å². The van der Waals surface area contributed by atoms with Crippen molar-refractivity contribution in [3.8, 4) is 5.75 Å². The summed E-state index contributed by atoms with van der Waals surface area (Å²) < 4.78 is 18.9. The summed E-state index contributed by atoms with van der Waals surface area (Å²) in [5.74, 6) is 5.62. The second-order valence-corrected chi connectivity index (χ2v) is 3.63. The van der Waals surface area contributed by atoms with E-state index in [1.54, 1.807) is 12.1 Å². The van der Waals surface area contributed by atoms with E-state index in [4.69, 9.17) is 10.6 Å². The Labute approximate surface area is 98.6 Å². The van der Waals surface area contributed by atoms with Gasteiger partial charge in [0.1, 0.15) is 17.1 Å². The number of aryl methyl sites for hydroxylation is 1. The molecule has 0 radical (unpaired) electrons. The number of methoxy groups -OCH3 is 1. The molecule has 0 fully saturated rings. The van der Waals surface area contributed by atoms with Crippen molar-refractivity contribution < 1.29 is 9.13 Å². The average molecular weight is 235 g/mol. The lowest BCUT2D eigenvalue weighted by atomic mass is 10.1. The highest BCUT2D eigenvalue weighted by Crippen LogP contribution is 2.33. The maximum atomic E-state index is 13.7. The van der Waals surface area contributed by atoms with Crippen molar-refractivity contribution in [2.75, 3.05) is 12.5 Å². The minimum absolute atomic E-state index is 0.275. The number of benzene rings is 1. The first-order chi connectivity index (χ1) is 8.21. The summed E-state index contributed by atoms with van der Waals surface area (Å²) in [5, 5.41) is 0.562. The molecule has 0 atom stereocenters. The topological polar surface area (TPSA) is 60.2 Å². The third-order valence-corrected chi connectivity index (χ3v) is 2.66. The number of fused-ring (bicyclic) bond motifs is 1. The summed E-state index contributed by atoms with van der Waals surface area (Å²) in [5.41, 5.74) is 4.22. The maximum absolute atomic E-state index is 13.7. The van der Waals surface area contributed by atoms with Gasteiger partial charge in [0.15, 0.2) is 0 Å². The van der Waals surface area contributed by atoms with E-state index in [0.29, 0.717) is 23.2 Å². The number of nitrogen functional groups attached to an aromatic ring is 1. The minimum atomic E-state index is -0.382. The highest BCUT2D eigenvalue weighted by atomic mass is 19.1. The number of hydrogen-bond acceptors (Lipinski definition) is 4. The highest BCUT2D eigenvalue weighted by Gasteiger charge is 2.13. The van der Waals surface area contributed by atoms with Crippen LogP contribution in [-0.2, 0) is 6.42 Å². The fourth-order valence-electron chi connectivity index (χ4n) is 1.80. The average Bonchev–Trinajstić information content (AvgIpc) is 2.38. The number of nitrogens with two attached hydrogens (primary N) is 1. The molecule has 1 aromatic heterocycles. The van der Waals surface area contributed by atoms with Gasteiger partial charge in [0.25, 0.3) is 0 Å². The van der Waals surface area contributed by atoms with E-state index in [-0.39, 0.29) is 11.3 Å². The van der Waals surface area contributed by atoms with Crippen LogP contribution in [0, 0.1) is 5.82 Å². The van der Waals surface area contributed by atoms with Crippen LogP contribution in [-0.4, -0.2) is 12.1 Å². The second-order valence-electron chi connectivity index (χ2n) is 3.63. The molecule has 0 aliphatic rings. The van der Waals surface area contributed by atoms with Crippen molar-refractivity contribution in [3.05, 3.63) is 29.7 Å². The predicted octanol–water partition coefficient (Wildman–Crippen LogP) is 2.23. The number of pyridine rings is 1. The van der Waals surface area contributed by atoms with Crippen LogP contribution in [0.25, 0.3) is 10.9 Å². The van der Waals surface area contributed by atoms with Gasteiger partial charge in [0, 0.05) is 5.69 Å². The molecule has 0 spiro atoms. The monoisotopic (exact) mass is 235 g/mol. The third kappa shape index (κ3) is 1.89. The van der Waals surface area contributed by atoms with E-state index in [1.807, 2.05) is 6.92 Å². The first kappa shape index (κ1) is 11.6. The molecule has 17 heavy (non-hydrogen) atoms. The summed E-state index contributed by atoms with van der Waals surface area (Å²) in [7, 11) is 1.53. The van der Waals surface area contributed by atoms with Crippen LogP contribution in [0.15, 0.2) is 18.2 Å². The molecule has 0 aliphatic carbocycles. The summed E-state index contributed by atoms with van der Waals surface area (Å²) in [6.07, 6.45) is 0.710. The predicted molar refractivity (Wildman–Crippen MR) is 65.4 cm³/mol. The summed E-state index contributed by atoms with van der Waals surface area (Å²) >= 11 is 0. The van der Waals surface area contributed by atoms with Gasteiger partial charge < -0.3 is 10.2 Å². The molecule has 3 N–H and O–H groups in total. The molecule has 1 aromatic carbocycles. The fraction of sp³-hybridized carbons (Fsp3) is 0.250. The molecule has 2 aromatic rings. The number of halogens is 1. The van der Waals surface area contributed by atoms with Gasteiger partial charge in [-0.2, -0.15) is 0 Å². The van der Waals surface area contributed by atoms with Crippen LogP contribution < -0.4 is 16.0 Å². The van der Waals surface area contributed by atoms with Crippen LogP contribution >= 0.6 is 0 Å². The third-order valence-electron chi connectivity index (χ3n) is 2.66. The van der Waals surface area contributed by atoms with Gasteiger partial charge in [0.05, 0.1) is 18.2 Å². The molecule has 0 amide bonds. The zero-order valence-electron chi connectivity index (χ0n) is 9.75. The molecule has 0 unspecified atom stereocenters. The Hall–Kier alpha value is -1.88. The van der Waals surface area contributed by atoms with Crippen molar-refractivity contribution >= 4 is 16.6 Å². The number of anilines is 1. The van der Waals surface area contributed by atoms with Gasteiger partial charge in [-0.3, -0.25) is 5.84 Å². The minimum Gasteiger partial charge on any atom is -0.496 e. The first-order valence-corrected chi connectivity index (χ1v) is 5.34. The number of nitrogens with one attached hydrogen (secondary N) is 1. The number of aromatic nitrogens is 1. The van der Waals surface area contributed by atoms with Crippen molar-refractivity contribution in [2.24, 2.45) is 5.84 Å². The summed E-state index contributed by atoms with van der Waals surface area (Å²) in [6, 6.07) is 4.70. The summed E-state index contributed by atoms with van der Waals surface area (Å²) in [4.78, 5) is 4.26. The Balaban J connectivity index is 2.86. The van der Waals surface area contributed by atoms with Gasteiger partial charge >= 0.3 is 0 Å². The van der Waals surface area contributed by atoms with Crippen LogP contribution in [0.3, 0.4) is 0 Å². The van der Waals surface area contributed by atoms with Crippen LogP contribution in [0.1, 0.15) is 12.6 Å². The number of nitrogens with zero attached hydrogens (tertiary/aromatic N) is 1. The zero-order chi connectivity index (χ0) is 12.4. The van der Waals surface area contributed by atoms with E-state index in [9.17, 15) is 4.39 Å². The van der Waals surface area contributed by atoms with Crippen LogP contribution in [0.5, 0.6) is 5.75 Å². The van der Waals surface area contributed by atoms with Gasteiger partial charge in [-0.05, 0) is 24.6 Å². The normalized spacial score (nSPS) is 10.6. The second kappa shape index (κ2) is 4.55. The molecule has 0 saturated heterocycles. The van der Waals surface area contributed by atoms with E-state index in [1.165, 1.54) is 13.2 Å². The lowest BCUT2D eigenvalue weighted by molar-refractivity contribution is 0.419. The lowest BCUT2D eigenvalue weighted by Gasteiger charge is -2.12. The Morgan fingerprint density at radius 2 is 2.24 bits per heavy atom. The Morgan fingerprint density at radius 1 is 1.47 bits per heavy atom. The highest BCUT2D eigenvalue weighted by molar-refractivity contribution is 5.96. The molecular formula is C12H14FN3O. The van der Waals surface area contributed by atoms with E-state index < -0.39 is 0 Å². The summed E-state index contributed by atoms with van der Waals surface area (Å²) in [6.45, 7) is 1.95. The first-order valence-electron chi connectivity index (χ1n) is 5.34. The molecule has 5 heteroatoms. The Bertz CT molecular complexity index is 557. The quantitative estimate of drug-likeness (QED) is 0.632. The smallest absolute Gasteiger partial charge is 0.149 e. The van der Waals surface area contributed by atoms with Crippen molar-refractivity contribution in [3.63, 3.8) is 0 Å². The molecule has 4 nitrogen and oxygen atoms in total. The number of rotatable bonds is 3. The van der Waals surface area contributed by atoms with Crippen molar-refractivity contribution in [1.82, 2.24) is 4.98 Å². The molecule has 2 rings (SSSR count). The standard InChI is InChI=1S/C12H14FN3O/c1-3-7-6-9(16-14)11-10(17-2)5-4-8(13)12(11)15-7/h4-6H,3,14H2,1-2H3,(H,15,16). The van der Waals surface area contributed by atoms with E-state index in [0.717, 1.165) is 5.69 Å². The molecule has 0 saturated carbocycles. The van der Waals surface area contributed by atoms with Gasteiger partial charge in [-0.25, -0.2) is 9.37 Å². The fourth-order valence-corrected chi connectivity index (χ4v) is 1.80. The van der Waals surface area contributed by atoms with Gasteiger partial charge in [0.2, 0.25) is 0 Å². The Kier molecular flexibility index (Phi) is 3.10. The molecule has 0 aliphatic heterocycles. The molecular weight excluding hydrogens is 221 g/mol. The van der Waals surface area contributed by atoms with Crippen LogP contribution in [0.4, 0.5) is 10.1 Å². The number of hydrogen-bond donors (Lipinski definition) is 2. The number of hydrazine groups is 1. The maximum Gasteiger partial charge on any atom is 0.149 e. The lowest BCUT2D eigenvalue weighted by Crippen LogP contribution is -2.09. The zero-order valence-corrected chi connectivity index (χ0v) is 9.75. The van der Waals surface area contributed by atoms with E-state index in [2.05, 4.69) is 10.4 Å². The van der Waals surface area contributed by atoms with Gasteiger partial charge in [-0.1, -0.05) is 6.92 Å². The molecule has 90 valence electrons. The van der Waals surface area contributed by atoms with Crippen molar-refractivity contribution in [2.45, 2.75) is 13.3 Å². The largest absolute Gasteiger partial charge is 0.496 e. The number of ether oxygens (including phenoxy) is 1. The van der Waals surface area contributed by atoms with Crippen molar-refractivity contribution in [1.29, 1.82) is 0 Å². The molecule has 0 bridgehead atoms. The molecule has 1 heterocycles. The SMILES string of the molecule is CCc1cc(NN)c2c(OC)ccc(F)c2n1. The Morgan fingerprint density at radius 3 is 2.82 bits per heavy atom. The van der Waals surface area contributed by atoms with Crippen LogP contribution in [0.2, 0.25) is 0 Å².